The van der Waals surface area contributed by atoms with Gasteiger partial charge in [0.1, 0.15) is 0 Å². The summed E-state index contributed by atoms with van der Waals surface area (Å²) in [5.74, 6) is -2.86. The third kappa shape index (κ3) is 6.11. The summed E-state index contributed by atoms with van der Waals surface area (Å²) >= 11 is 0. The first-order valence-electron chi connectivity index (χ1n) is 15.1. The zero-order valence-electron chi connectivity index (χ0n) is 26.2. The van der Waals surface area contributed by atoms with Crippen LogP contribution in [-0.4, -0.2) is 44.4 Å². The van der Waals surface area contributed by atoms with Crippen LogP contribution in [0.4, 0.5) is 14.5 Å². The smallest absolute Gasteiger partial charge is 0.261 e. The number of morpholine rings is 1. The van der Waals surface area contributed by atoms with Gasteiger partial charge in [0, 0.05) is 36.1 Å². The number of hydrogen-bond acceptors (Lipinski definition) is 5. The fourth-order valence-electron chi connectivity index (χ4n) is 6.35. The summed E-state index contributed by atoms with van der Waals surface area (Å²) < 4.78 is 45.3. The average molecular weight is 615 g/mol. The number of ether oxygens (including phenoxy) is 1. The normalized spacial score (nSPS) is 17.5. The number of benzene rings is 3. The van der Waals surface area contributed by atoms with Crippen molar-refractivity contribution in [2.45, 2.75) is 65.4 Å². The highest BCUT2D eigenvalue weighted by atomic mass is 28.4. The SMILES string of the molecule is Cc1ccc(C(=O)c2cc(CO[Si](c3ccccc3)(c3ccccc3)C(C)(C)C)c(N3C[C@@H](C)O[C@@H](C)C3)c(F)c2F)cn1. The number of carbonyl (C=O) groups excluding carboxylic acids is 1. The van der Waals surface area contributed by atoms with Gasteiger partial charge in [0.05, 0.1) is 30.1 Å². The molecule has 0 spiro atoms. The van der Waals surface area contributed by atoms with Crippen LogP contribution >= 0.6 is 0 Å². The van der Waals surface area contributed by atoms with Crippen LogP contribution in [0.25, 0.3) is 0 Å². The minimum absolute atomic E-state index is 0.0215. The number of hydrogen-bond donors (Lipinski definition) is 0. The molecule has 4 aromatic rings. The number of carbonyl (C=O) groups is 1. The zero-order chi connectivity index (χ0) is 31.6. The third-order valence-electron chi connectivity index (χ3n) is 8.27. The maximum atomic E-state index is 16.3. The molecule has 1 aliphatic rings. The molecule has 1 aromatic heterocycles. The van der Waals surface area contributed by atoms with Crippen molar-refractivity contribution in [3.05, 3.63) is 119 Å². The molecule has 8 heteroatoms. The van der Waals surface area contributed by atoms with E-state index < -0.39 is 25.7 Å². The lowest BCUT2D eigenvalue weighted by Gasteiger charge is -2.43. The van der Waals surface area contributed by atoms with Crippen LogP contribution in [0.5, 0.6) is 0 Å². The molecule has 230 valence electrons. The van der Waals surface area contributed by atoms with Crippen LogP contribution in [0, 0.1) is 18.6 Å². The maximum absolute atomic E-state index is 16.3. The Kier molecular flexibility index (Phi) is 9.16. The van der Waals surface area contributed by atoms with Crippen molar-refractivity contribution < 1.29 is 22.7 Å². The molecule has 0 radical (unpaired) electrons. The quantitative estimate of drug-likeness (QED) is 0.166. The van der Waals surface area contributed by atoms with Crippen LogP contribution in [0.1, 0.15) is 61.8 Å². The van der Waals surface area contributed by atoms with Gasteiger partial charge in [-0.3, -0.25) is 9.78 Å². The fourth-order valence-corrected chi connectivity index (χ4v) is 10.9. The van der Waals surface area contributed by atoms with E-state index in [9.17, 15) is 4.79 Å². The molecule has 1 fully saturated rings. The van der Waals surface area contributed by atoms with Crippen molar-refractivity contribution >= 4 is 30.2 Å². The molecular weight excluding hydrogens is 574 g/mol. The molecule has 2 heterocycles. The number of halogens is 2. The van der Waals surface area contributed by atoms with Gasteiger partial charge in [-0.1, -0.05) is 81.4 Å². The highest BCUT2D eigenvalue weighted by molar-refractivity contribution is 6.99. The summed E-state index contributed by atoms with van der Waals surface area (Å²) in [6.07, 6.45) is 1.02. The van der Waals surface area contributed by atoms with Crippen LogP contribution in [-0.2, 0) is 15.8 Å². The molecular formula is C36H40F2N2O3Si. The number of pyridine rings is 1. The van der Waals surface area contributed by atoms with Gasteiger partial charge in [0.2, 0.25) is 0 Å². The number of ketones is 1. The number of aryl methyl sites for hydroxylation is 1. The predicted octanol–water partition coefficient (Wildman–Crippen LogP) is 6.59. The largest absolute Gasteiger partial charge is 0.403 e. The van der Waals surface area contributed by atoms with Crippen molar-refractivity contribution in [1.29, 1.82) is 0 Å². The molecule has 0 amide bonds. The van der Waals surface area contributed by atoms with E-state index in [1.807, 2.05) is 55.1 Å². The van der Waals surface area contributed by atoms with Crippen molar-refractivity contribution in [2.75, 3.05) is 18.0 Å². The number of nitrogens with zero attached hydrogens (tertiary/aromatic N) is 2. The molecule has 44 heavy (non-hydrogen) atoms. The van der Waals surface area contributed by atoms with Crippen LogP contribution in [0.15, 0.2) is 85.1 Å². The minimum Gasteiger partial charge on any atom is -0.403 e. The number of aromatic nitrogens is 1. The van der Waals surface area contributed by atoms with Gasteiger partial charge in [-0.05, 0) is 54.4 Å². The first kappa shape index (κ1) is 31.7. The second-order valence-corrected chi connectivity index (χ2v) is 17.0. The van der Waals surface area contributed by atoms with E-state index >= 15 is 8.78 Å². The first-order valence-corrected chi connectivity index (χ1v) is 17.0. The van der Waals surface area contributed by atoms with E-state index in [4.69, 9.17) is 9.16 Å². The molecule has 1 aliphatic heterocycles. The lowest BCUT2D eigenvalue weighted by atomic mass is 9.99. The van der Waals surface area contributed by atoms with Crippen molar-refractivity contribution in [1.82, 2.24) is 4.98 Å². The van der Waals surface area contributed by atoms with Gasteiger partial charge >= 0.3 is 0 Å². The fraction of sp³-hybridized carbons (Fsp3) is 0.333. The molecule has 0 unspecified atom stereocenters. The molecule has 5 rings (SSSR count). The molecule has 0 bridgehead atoms. The second-order valence-electron chi connectivity index (χ2n) is 12.7. The minimum atomic E-state index is -3.03. The molecule has 3 aromatic carbocycles. The third-order valence-corrected chi connectivity index (χ3v) is 13.3. The van der Waals surface area contributed by atoms with Crippen molar-refractivity contribution in [3.63, 3.8) is 0 Å². The standard InChI is InChI=1S/C36H40F2N2O3Si/c1-24-17-18-27(20-39-24)35(41)31-19-28(34(33(38)32(31)37)40-21-25(2)43-26(3)22-40)23-42-44(36(4,5)6,29-13-9-7-10-14-29)30-15-11-8-12-16-30/h7-20,25-26H,21-23H2,1-6H3/t25-,26+. The maximum Gasteiger partial charge on any atom is 0.261 e. The van der Waals surface area contributed by atoms with Crippen LogP contribution in [0.2, 0.25) is 5.04 Å². The zero-order valence-corrected chi connectivity index (χ0v) is 27.2. The molecule has 0 saturated carbocycles. The Morgan fingerprint density at radius 1 is 0.932 bits per heavy atom. The summed E-state index contributed by atoms with van der Waals surface area (Å²) in [6, 6.07) is 25.0. The lowest BCUT2D eigenvalue weighted by Crippen LogP contribution is -2.66. The Hall–Kier alpha value is -3.72. The Morgan fingerprint density at radius 3 is 2.00 bits per heavy atom. The average Bonchev–Trinajstić information content (AvgIpc) is 2.99. The van der Waals surface area contributed by atoms with Gasteiger partial charge in [-0.25, -0.2) is 8.78 Å². The Bertz CT molecular complexity index is 1560. The van der Waals surface area contributed by atoms with E-state index in [0.29, 0.717) is 18.7 Å². The van der Waals surface area contributed by atoms with Gasteiger partial charge in [-0.2, -0.15) is 0 Å². The van der Waals surface area contributed by atoms with Gasteiger partial charge in [0.15, 0.2) is 17.4 Å². The number of rotatable bonds is 8. The van der Waals surface area contributed by atoms with E-state index in [1.54, 1.807) is 19.1 Å². The van der Waals surface area contributed by atoms with Gasteiger partial charge in [-0.15, -0.1) is 0 Å². The topological polar surface area (TPSA) is 51.7 Å². The Labute approximate surface area is 260 Å². The molecule has 0 aliphatic carbocycles. The summed E-state index contributed by atoms with van der Waals surface area (Å²) in [7, 11) is -3.03. The van der Waals surface area contributed by atoms with E-state index in [1.165, 1.54) is 12.3 Å². The second kappa shape index (κ2) is 12.7. The summed E-state index contributed by atoms with van der Waals surface area (Å²) in [5, 5.41) is 1.81. The molecule has 1 saturated heterocycles. The molecule has 5 nitrogen and oxygen atoms in total. The van der Waals surface area contributed by atoms with E-state index in [-0.39, 0.29) is 40.7 Å². The van der Waals surface area contributed by atoms with Gasteiger partial charge < -0.3 is 14.1 Å². The Morgan fingerprint density at radius 2 is 1.50 bits per heavy atom. The summed E-state index contributed by atoms with van der Waals surface area (Å²) in [5.41, 5.74) is 1.10. The van der Waals surface area contributed by atoms with Crippen LogP contribution in [0.3, 0.4) is 0 Å². The monoisotopic (exact) mass is 614 g/mol. The lowest BCUT2D eigenvalue weighted by molar-refractivity contribution is -0.00553. The predicted molar refractivity (Wildman–Crippen MR) is 173 cm³/mol. The van der Waals surface area contributed by atoms with E-state index in [0.717, 1.165) is 16.1 Å². The number of anilines is 1. The van der Waals surface area contributed by atoms with Crippen molar-refractivity contribution in [2.24, 2.45) is 0 Å². The van der Waals surface area contributed by atoms with Gasteiger partial charge in [0.25, 0.3) is 8.32 Å². The Balaban J connectivity index is 1.68. The summed E-state index contributed by atoms with van der Waals surface area (Å²) in [4.78, 5) is 19.6. The molecule has 2 atom stereocenters. The highest BCUT2D eigenvalue weighted by Gasteiger charge is 2.50. The highest BCUT2D eigenvalue weighted by Crippen LogP contribution is 2.39. The van der Waals surface area contributed by atoms with Crippen LogP contribution < -0.4 is 15.3 Å². The van der Waals surface area contributed by atoms with E-state index in [2.05, 4.69) is 50.0 Å². The molecule has 0 N–H and O–H groups in total. The first-order chi connectivity index (χ1) is 20.9. The van der Waals surface area contributed by atoms with Crippen molar-refractivity contribution in [3.8, 4) is 0 Å². The summed E-state index contributed by atoms with van der Waals surface area (Å²) in [6.45, 7) is 12.8.